The second-order valence-electron chi connectivity index (χ2n) is 3.28. The Bertz CT molecular complexity index is 404. The van der Waals surface area contributed by atoms with E-state index in [1.165, 1.54) is 0 Å². The highest BCUT2D eigenvalue weighted by atomic mass is 32.2. The number of rotatable bonds is 5. The Morgan fingerprint density at radius 1 is 1.35 bits per heavy atom. The Morgan fingerprint density at radius 2 is 1.94 bits per heavy atom. The maximum Gasteiger partial charge on any atom is 0.328 e. The third-order valence-electron chi connectivity index (χ3n) is 2.14. The number of hydrogen-bond acceptors (Lipinski definition) is 4. The Kier molecular flexibility index (Phi) is 4.99. The molecule has 0 aliphatic rings. The molecular weight excluding hydrogens is 242 g/mol. The quantitative estimate of drug-likeness (QED) is 0.670. The van der Waals surface area contributed by atoms with Crippen molar-refractivity contribution in [3.8, 4) is 0 Å². The molecular formula is C11H13NO4S. The molecule has 1 atom stereocenters. The minimum absolute atomic E-state index is 0.363. The highest BCUT2D eigenvalue weighted by Crippen LogP contribution is 2.14. The average molecular weight is 255 g/mol. The molecule has 0 aromatic heterocycles. The molecule has 0 unspecified atom stereocenters. The predicted molar refractivity (Wildman–Crippen MR) is 64.2 cm³/mol. The zero-order valence-corrected chi connectivity index (χ0v) is 10.0. The number of carboxylic acid groups (broad SMARTS) is 1. The number of carbonyl (C=O) groups excluding carboxylic acids is 1. The third-order valence-corrected chi connectivity index (χ3v) is 2.88. The van der Waals surface area contributed by atoms with Crippen molar-refractivity contribution in [2.24, 2.45) is 0 Å². The van der Waals surface area contributed by atoms with Crippen LogP contribution in [0.2, 0.25) is 0 Å². The van der Waals surface area contributed by atoms with Gasteiger partial charge in [-0.25, -0.2) is 4.79 Å². The van der Waals surface area contributed by atoms with Gasteiger partial charge in [-0.1, -0.05) is 0 Å². The fourth-order valence-corrected chi connectivity index (χ4v) is 1.58. The van der Waals surface area contributed by atoms with Crippen LogP contribution in [0.1, 0.15) is 10.4 Å². The first kappa shape index (κ1) is 13.5. The maximum atomic E-state index is 11.6. The molecule has 5 nitrogen and oxygen atoms in total. The zero-order chi connectivity index (χ0) is 12.8. The molecule has 1 rings (SSSR count). The van der Waals surface area contributed by atoms with Crippen molar-refractivity contribution in [2.75, 3.05) is 12.9 Å². The average Bonchev–Trinajstić information content (AvgIpc) is 2.35. The summed E-state index contributed by atoms with van der Waals surface area (Å²) in [6.45, 7) is -0.635. The topological polar surface area (TPSA) is 86.6 Å². The summed E-state index contributed by atoms with van der Waals surface area (Å²) in [6.07, 6.45) is 1.92. The number of nitrogens with one attached hydrogen (secondary N) is 1. The van der Waals surface area contributed by atoms with Crippen molar-refractivity contribution in [1.29, 1.82) is 0 Å². The molecule has 0 radical (unpaired) electrons. The first-order valence-electron chi connectivity index (χ1n) is 4.87. The van der Waals surface area contributed by atoms with E-state index >= 15 is 0 Å². The SMILES string of the molecule is CSc1ccc(C(=O)N[C@H](CO)C(=O)O)cc1. The minimum atomic E-state index is -1.28. The third kappa shape index (κ3) is 3.76. The molecule has 1 aromatic carbocycles. The summed E-state index contributed by atoms with van der Waals surface area (Å²) >= 11 is 1.55. The van der Waals surface area contributed by atoms with E-state index in [1.807, 2.05) is 6.26 Å². The van der Waals surface area contributed by atoms with E-state index in [9.17, 15) is 9.59 Å². The van der Waals surface area contributed by atoms with E-state index in [0.717, 1.165) is 4.90 Å². The fourth-order valence-electron chi connectivity index (χ4n) is 1.17. The van der Waals surface area contributed by atoms with Gasteiger partial charge in [0, 0.05) is 10.5 Å². The van der Waals surface area contributed by atoms with Crippen LogP contribution >= 0.6 is 11.8 Å². The predicted octanol–water partition coefficient (Wildman–Crippen LogP) is 0.584. The van der Waals surface area contributed by atoms with Gasteiger partial charge in [0.2, 0.25) is 0 Å². The van der Waals surface area contributed by atoms with E-state index in [4.69, 9.17) is 10.2 Å². The lowest BCUT2D eigenvalue weighted by Gasteiger charge is -2.11. The van der Waals surface area contributed by atoms with Crippen LogP contribution in [-0.2, 0) is 4.79 Å². The number of hydrogen-bond donors (Lipinski definition) is 3. The van der Waals surface area contributed by atoms with Gasteiger partial charge in [0.25, 0.3) is 5.91 Å². The summed E-state index contributed by atoms with van der Waals surface area (Å²) in [5, 5.41) is 19.7. The Balaban J connectivity index is 2.72. The molecule has 6 heteroatoms. The lowest BCUT2D eigenvalue weighted by Crippen LogP contribution is -2.43. The number of aliphatic hydroxyl groups is 1. The second-order valence-corrected chi connectivity index (χ2v) is 4.16. The van der Waals surface area contributed by atoms with Gasteiger partial charge in [0.15, 0.2) is 6.04 Å². The van der Waals surface area contributed by atoms with E-state index < -0.39 is 24.5 Å². The van der Waals surface area contributed by atoms with Crippen LogP contribution in [0.4, 0.5) is 0 Å². The van der Waals surface area contributed by atoms with E-state index in [0.29, 0.717) is 5.56 Å². The number of benzene rings is 1. The van der Waals surface area contributed by atoms with Gasteiger partial charge in [0.1, 0.15) is 0 Å². The molecule has 0 fully saturated rings. The molecule has 0 heterocycles. The summed E-state index contributed by atoms with van der Waals surface area (Å²) in [4.78, 5) is 23.3. The van der Waals surface area contributed by atoms with Crippen LogP contribution in [0.5, 0.6) is 0 Å². The zero-order valence-electron chi connectivity index (χ0n) is 9.21. The molecule has 0 saturated heterocycles. The van der Waals surface area contributed by atoms with Crippen molar-refractivity contribution >= 4 is 23.6 Å². The van der Waals surface area contributed by atoms with Crippen LogP contribution in [0.3, 0.4) is 0 Å². The summed E-state index contributed by atoms with van der Waals surface area (Å²) in [6, 6.07) is 5.49. The summed E-state index contributed by atoms with van der Waals surface area (Å²) < 4.78 is 0. The molecule has 3 N–H and O–H groups in total. The highest BCUT2D eigenvalue weighted by Gasteiger charge is 2.19. The monoisotopic (exact) mass is 255 g/mol. The van der Waals surface area contributed by atoms with Crippen molar-refractivity contribution in [1.82, 2.24) is 5.32 Å². The van der Waals surface area contributed by atoms with Crippen LogP contribution in [0, 0.1) is 0 Å². The lowest BCUT2D eigenvalue weighted by atomic mass is 10.2. The molecule has 92 valence electrons. The van der Waals surface area contributed by atoms with Gasteiger partial charge in [-0.15, -0.1) is 11.8 Å². The number of carboxylic acids is 1. The number of aliphatic carboxylic acids is 1. The van der Waals surface area contributed by atoms with Crippen molar-refractivity contribution in [3.05, 3.63) is 29.8 Å². The van der Waals surface area contributed by atoms with E-state index in [-0.39, 0.29) is 0 Å². The van der Waals surface area contributed by atoms with E-state index in [1.54, 1.807) is 36.0 Å². The molecule has 0 bridgehead atoms. The van der Waals surface area contributed by atoms with Gasteiger partial charge in [-0.3, -0.25) is 4.79 Å². The Hall–Kier alpha value is -1.53. The summed E-state index contributed by atoms with van der Waals surface area (Å²) in [7, 11) is 0. The van der Waals surface area contributed by atoms with Gasteiger partial charge in [0.05, 0.1) is 6.61 Å². The molecule has 0 spiro atoms. The van der Waals surface area contributed by atoms with Crippen molar-refractivity contribution < 1.29 is 19.8 Å². The van der Waals surface area contributed by atoms with Gasteiger partial charge >= 0.3 is 5.97 Å². The number of amides is 1. The number of carbonyl (C=O) groups is 2. The first-order valence-corrected chi connectivity index (χ1v) is 6.09. The number of aliphatic hydroxyl groups excluding tert-OH is 1. The normalized spacial score (nSPS) is 11.9. The smallest absolute Gasteiger partial charge is 0.328 e. The van der Waals surface area contributed by atoms with Crippen molar-refractivity contribution in [2.45, 2.75) is 10.9 Å². The van der Waals surface area contributed by atoms with Crippen LogP contribution in [0.15, 0.2) is 29.2 Å². The standard InChI is InChI=1S/C11H13NO4S/c1-17-8-4-2-7(3-5-8)10(14)12-9(6-13)11(15)16/h2-5,9,13H,6H2,1H3,(H,12,14)(H,15,16)/t9-/m1/s1. The highest BCUT2D eigenvalue weighted by molar-refractivity contribution is 7.98. The van der Waals surface area contributed by atoms with Gasteiger partial charge in [-0.05, 0) is 30.5 Å². The maximum absolute atomic E-state index is 11.6. The van der Waals surface area contributed by atoms with E-state index in [2.05, 4.69) is 5.32 Å². The Labute approximate surface area is 103 Å². The van der Waals surface area contributed by atoms with Crippen LogP contribution in [-0.4, -0.2) is 41.0 Å². The van der Waals surface area contributed by atoms with Gasteiger partial charge < -0.3 is 15.5 Å². The molecule has 0 aliphatic carbocycles. The molecule has 17 heavy (non-hydrogen) atoms. The molecule has 1 amide bonds. The fraction of sp³-hybridized carbons (Fsp3) is 0.273. The molecule has 0 aliphatic heterocycles. The van der Waals surface area contributed by atoms with Crippen molar-refractivity contribution in [3.63, 3.8) is 0 Å². The second kappa shape index (κ2) is 6.27. The molecule has 0 saturated carbocycles. The van der Waals surface area contributed by atoms with Gasteiger partial charge in [-0.2, -0.15) is 0 Å². The summed E-state index contributed by atoms with van der Waals surface area (Å²) in [5.41, 5.74) is 0.363. The number of thioether (sulfide) groups is 1. The first-order chi connectivity index (χ1) is 8.08. The molecule has 1 aromatic rings. The largest absolute Gasteiger partial charge is 0.480 e. The summed E-state index contributed by atoms with van der Waals surface area (Å²) in [5.74, 6) is -1.78. The minimum Gasteiger partial charge on any atom is -0.480 e. The Morgan fingerprint density at radius 3 is 2.35 bits per heavy atom. The van der Waals surface area contributed by atoms with Crippen LogP contribution in [0.25, 0.3) is 0 Å². The lowest BCUT2D eigenvalue weighted by molar-refractivity contribution is -0.140. The van der Waals surface area contributed by atoms with Crippen LogP contribution < -0.4 is 5.32 Å².